The quantitative estimate of drug-likeness (QED) is 0.272. The van der Waals surface area contributed by atoms with E-state index in [2.05, 4.69) is 17.6 Å². The summed E-state index contributed by atoms with van der Waals surface area (Å²) in [7, 11) is 0. The largest absolute Gasteiger partial charge is 0.508 e. The van der Waals surface area contributed by atoms with Crippen LogP contribution in [-0.4, -0.2) is 52.1 Å². The molecule has 2 atom stereocenters. The SMILES string of the molecule is CCCCCN(C(=O)C(Cc1ccccc1)NC(=O)OC(C)(C)C)C(C(=O)NC1CCCCC1)c1ccccc1O. The molecule has 0 aliphatic heterocycles. The minimum absolute atomic E-state index is 0.0252. The lowest BCUT2D eigenvalue weighted by Gasteiger charge is -2.36. The molecule has 0 bridgehead atoms. The summed E-state index contributed by atoms with van der Waals surface area (Å²) >= 11 is 0. The summed E-state index contributed by atoms with van der Waals surface area (Å²) in [6, 6.07) is 14.1. The van der Waals surface area contributed by atoms with Gasteiger partial charge in [-0.25, -0.2) is 4.79 Å². The third-order valence-electron chi connectivity index (χ3n) is 7.30. The van der Waals surface area contributed by atoms with Gasteiger partial charge < -0.3 is 25.4 Å². The summed E-state index contributed by atoms with van der Waals surface area (Å²) in [5, 5.41) is 16.8. The van der Waals surface area contributed by atoms with Gasteiger partial charge in [-0.3, -0.25) is 9.59 Å². The molecule has 41 heavy (non-hydrogen) atoms. The molecule has 1 aliphatic rings. The molecule has 224 valence electrons. The molecular weight excluding hydrogens is 518 g/mol. The maximum atomic E-state index is 14.5. The smallest absolute Gasteiger partial charge is 0.408 e. The maximum absolute atomic E-state index is 14.5. The lowest BCUT2D eigenvalue weighted by Crippen LogP contribution is -2.54. The zero-order chi connectivity index (χ0) is 29.8. The van der Waals surface area contributed by atoms with Crippen LogP contribution in [0.15, 0.2) is 54.6 Å². The molecule has 3 N–H and O–H groups in total. The molecule has 1 fully saturated rings. The number of nitrogens with one attached hydrogen (secondary N) is 2. The second-order valence-electron chi connectivity index (χ2n) is 11.9. The first kappa shape index (κ1) is 32.0. The van der Waals surface area contributed by atoms with Gasteiger partial charge in [-0.15, -0.1) is 0 Å². The second-order valence-corrected chi connectivity index (χ2v) is 11.9. The van der Waals surface area contributed by atoms with Gasteiger partial charge in [0.1, 0.15) is 23.4 Å². The van der Waals surface area contributed by atoms with Crippen LogP contribution in [0.4, 0.5) is 4.79 Å². The number of hydrogen-bond acceptors (Lipinski definition) is 5. The molecule has 2 aromatic carbocycles. The Bertz CT molecular complexity index is 1130. The summed E-state index contributed by atoms with van der Waals surface area (Å²) in [6.07, 6.45) is 7.01. The zero-order valence-electron chi connectivity index (χ0n) is 25.0. The first-order valence-corrected chi connectivity index (χ1v) is 15.0. The third kappa shape index (κ3) is 10.1. The van der Waals surface area contributed by atoms with Crippen LogP contribution in [0.2, 0.25) is 0 Å². The summed E-state index contributed by atoms with van der Waals surface area (Å²) < 4.78 is 5.51. The Balaban J connectivity index is 2.01. The summed E-state index contributed by atoms with van der Waals surface area (Å²) in [4.78, 5) is 42.9. The summed E-state index contributed by atoms with van der Waals surface area (Å²) in [6.45, 7) is 7.67. The van der Waals surface area contributed by atoms with E-state index >= 15 is 0 Å². The van der Waals surface area contributed by atoms with Crippen molar-refractivity contribution in [3.05, 3.63) is 65.7 Å². The molecule has 2 unspecified atom stereocenters. The van der Waals surface area contributed by atoms with Gasteiger partial charge in [0.2, 0.25) is 11.8 Å². The zero-order valence-corrected chi connectivity index (χ0v) is 25.0. The van der Waals surface area contributed by atoms with Crippen molar-refractivity contribution in [2.75, 3.05) is 6.54 Å². The first-order chi connectivity index (χ1) is 19.6. The van der Waals surface area contributed by atoms with Gasteiger partial charge in [-0.05, 0) is 51.7 Å². The minimum Gasteiger partial charge on any atom is -0.508 e. The van der Waals surface area contributed by atoms with Gasteiger partial charge >= 0.3 is 6.09 Å². The number of rotatable bonds is 12. The Hall–Kier alpha value is -3.55. The van der Waals surface area contributed by atoms with Crippen molar-refractivity contribution in [1.82, 2.24) is 15.5 Å². The molecule has 0 spiro atoms. The van der Waals surface area contributed by atoms with Gasteiger partial charge in [0.15, 0.2) is 0 Å². The molecule has 8 nitrogen and oxygen atoms in total. The monoisotopic (exact) mass is 565 g/mol. The Morgan fingerprint density at radius 2 is 1.63 bits per heavy atom. The van der Waals surface area contributed by atoms with Crippen molar-refractivity contribution < 1.29 is 24.2 Å². The van der Waals surface area contributed by atoms with Crippen molar-refractivity contribution in [1.29, 1.82) is 0 Å². The fourth-order valence-electron chi connectivity index (χ4n) is 5.29. The molecule has 1 aliphatic carbocycles. The second kappa shape index (κ2) is 15.5. The standard InChI is InChI=1S/C33H47N3O5/c1-5-6-15-22-36(29(26-20-13-14-21-28(26)37)30(38)34-25-18-11-8-12-19-25)31(39)27(23-24-16-9-7-10-17-24)35-32(40)41-33(2,3)4/h7,9-10,13-14,16-17,20-21,25,27,29,37H,5-6,8,11-12,15,18-19,22-23H2,1-4H3,(H,34,38)(H,35,40). The molecule has 0 radical (unpaired) electrons. The molecule has 0 saturated heterocycles. The van der Waals surface area contributed by atoms with Crippen LogP contribution in [0, 0.1) is 0 Å². The van der Waals surface area contributed by atoms with E-state index in [-0.39, 0.29) is 24.1 Å². The highest BCUT2D eigenvalue weighted by atomic mass is 16.6. The predicted octanol–water partition coefficient (Wildman–Crippen LogP) is 6.04. The topological polar surface area (TPSA) is 108 Å². The van der Waals surface area contributed by atoms with Crippen LogP contribution in [0.5, 0.6) is 5.75 Å². The number of aromatic hydroxyl groups is 1. The van der Waals surface area contributed by atoms with Crippen LogP contribution < -0.4 is 10.6 Å². The molecule has 3 amide bonds. The predicted molar refractivity (Wildman–Crippen MR) is 160 cm³/mol. The molecule has 1 saturated carbocycles. The van der Waals surface area contributed by atoms with Crippen molar-refractivity contribution >= 4 is 17.9 Å². The van der Waals surface area contributed by atoms with Crippen molar-refractivity contribution in [2.24, 2.45) is 0 Å². The van der Waals surface area contributed by atoms with E-state index in [1.165, 1.54) is 11.0 Å². The van der Waals surface area contributed by atoms with Gasteiger partial charge in [-0.2, -0.15) is 0 Å². The van der Waals surface area contributed by atoms with Crippen LogP contribution in [0.25, 0.3) is 0 Å². The van der Waals surface area contributed by atoms with Crippen molar-refractivity contribution in [3.8, 4) is 5.75 Å². The fourth-order valence-corrected chi connectivity index (χ4v) is 5.29. The molecule has 3 rings (SSSR count). The van der Waals surface area contributed by atoms with Gasteiger partial charge in [-0.1, -0.05) is 87.6 Å². The molecular formula is C33H47N3O5. The van der Waals surface area contributed by atoms with Crippen LogP contribution in [0.1, 0.15) is 96.2 Å². The van der Waals surface area contributed by atoms with E-state index in [1.807, 2.05) is 30.3 Å². The summed E-state index contributed by atoms with van der Waals surface area (Å²) in [5.41, 5.74) is 0.478. The Labute approximate surface area is 244 Å². The molecule has 8 heteroatoms. The fraction of sp³-hybridized carbons (Fsp3) is 0.545. The Morgan fingerprint density at radius 3 is 2.27 bits per heavy atom. The number of carbonyl (C=O) groups is 3. The number of unbranched alkanes of at least 4 members (excludes halogenated alkanes) is 2. The highest BCUT2D eigenvalue weighted by Gasteiger charge is 2.38. The highest BCUT2D eigenvalue weighted by molar-refractivity contribution is 5.92. The van der Waals surface area contributed by atoms with Crippen LogP contribution >= 0.6 is 0 Å². The maximum Gasteiger partial charge on any atom is 0.408 e. The van der Waals surface area contributed by atoms with Crippen LogP contribution in [-0.2, 0) is 20.7 Å². The molecule has 2 aromatic rings. The number of phenols is 1. The van der Waals surface area contributed by atoms with Gasteiger partial charge in [0, 0.05) is 24.6 Å². The Morgan fingerprint density at radius 1 is 0.976 bits per heavy atom. The van der Waals surface area contributed by atoms with Crippen LogP contribution in [0.3, 0.4) is 0 Å². The van der Waals surface area contributed by atoms with E-state index in [4.69, 9.17) is 4.74 Å². The lowest BCUT2D eigenvalue weighted by molar-refractivity contribution is -0.143. The summed E-state index contributed by atoms with van der Waals surface area (Å²) in [5.74, 6) is -0.772. The molecule has 0 heterocycles. The van der Waals surface area contributed by atoms with Gasteiger partial charge in [0.25, 0.3) is 0 Å². The number of alkyl carbamates (subject to hydrolysis) is 1. The van der Waals surface area contributed by atoms with E-state index in [0.29, 0.717) is 18.5 Å². The number of phenolic OH excluding ortho intramolecular Hbond substituents is 1. The highest BCUT2D eigenvalue weighted by Crippen LogP contribution is 2.31. The normalized spacial score (nSPS) is 15.4. The lowest BCUT2D eigenvalue weighted by atomic mass is 9.94. The van der Waals surface area contributed by atoms with Gasteiger partial charge in [0.05, 0.1) is 0 Å². The average molecular weight is 566 g/mol. The van der Waals surface area contributed by atoms with E-state index in [9.17, 15) is 19.5 Å². The van der Waals surface area contributed by atoms with E-state index in [0.717, 1.165) is 50.5 Å². The third-order valence-corrected chi connectivity index (χ3v) is 7.30. The van der Waals surface area contributed by atoms with Crippen molar-refractivity contribution in [3.63, 3.8) is 0 Å². The number of hydrogen-bond donors (Lipinski definition) is 3. The number of ether oxygens (including phenoxy) is 1. The molecule has 0 aromatic heterocycles. The number of benzene rings is 2. The number of carbonyl (C=O) groups excluding carboxylic acids is 3. The van der Waals surface area contributed by atoms with E-state index in [1.54, 1.807) is 39.0 Å². The first-order valence-electron chi connectivity index (χ1n) is 15.0. The van der Waals surface area contributed by atoms with E-state index < -0.39 is 29.7 Å². The van der Waals surface area contributed by atoms with Crippen molar-refractivity contribution in [2.45, 2.75) is 109 Å². The number of amides is 3. The number of nitrogens with zero attached hydrogens (tertiary/aromatic N) is 1. The number of para-hydroxylation sites is 1. The average Bonchev–Trinajstić information content (AvgIpc) is 2.93. The minimum atomic E-state index is -1.05. The Kier molecular flexibility index (Phi) is 12.0.